The summed E-state index contributed by atoms with van der Waals surface area (Å²) in [6.07, 6.45) is 5.69. The van der Waals surface area contributed by atoms with E-state index in [1.165, 1.54) is 45.3 Å². The topological polar surface area (TPSA) is 24.5 Å². The summed E-state index contributed by atoms with van der Waals surface area (Å²) in [5, 5.41) is 3.57. The number of nitrogens with one attached hydrogen (secondary N) is 1. The number of nitrogens with zero attached hydrogens (tertiary/aromatic N) is 1. The summed E-state index contributed by atoms with van der Waals surface area (Å²) in [5.74, 6) is 0.823. The van der Waals surface area contributed by atoms with Crippen molar-refractivity contribution in [3.05, 3.63) is 0 Å². The van der Waals surface area contributed by atoms with Crippen molar-refractivity contribution >= 4 is 0 Å². The minimum absolute atomic E-state index is 0.461. The molecule has 3 heteroatoms. The van der Waals surface area contributed by atoms with Crippen LogP contribution in [0.3, 0.4) is 0 Å². The summed E-state index contributed by atoms with van der Waals surface area (Å²) in [7, 11) is 2.13. The molecule has 2 rings (SSSR count). The molecule has 0 spiro atoms. The standard InChI is InChI=1S/C16H32N2O/c1-5-19-14-7-10-18(11-8-14)12-13-6-9-16(2,3)15(13)17-4/h13-15,17H,5-12H2,1-4H3. The molecular weight excluding hydrogens is 236 g/mol. The molecule has 2 fully saturated rings. The van der Waals surface area contributed by atoms with Crippen molar-refractivity contribution in [3.8, 4) is 0 Å². The van der Waals surface area contributed by atoms with E-state index in [0.717, 1.165) is 12.5 Å². The van der Waals surface area contributed by atoms with E-state index >= 15 is 0 Å². The molecule has 112 valence electrons. The molecule has 1 aliphatic heterocycles. The molecule has 1 N–H and O–H groups in total. The lowest BCUT2D eigenvalue weighted by atomic mass is 9.84. The first kappa shape index (κ1) is 15.3. The molecule has 1 heterocycles. The third kappa shape index (κ3) is 3.71. The zero-order valence-electron chi connectivity index (χ0n) is 13.2. The van der Waals surface area contributed by atoms with Crippen molar-refractivity contribution in [2.45, 2.75) is 58.6 Å². The molecule has 19 heavy (non-hydrogen) atoms. The number of ether oxygens (including phenoxy) is 1. The van der Waals surface area contributed by atoms with Crippen LogP contribution in [-0.4, -0.2) is 50.3 Å². The Balaban J connectivity index is 1.79. The minimum Gasteiger partial charge on any atom is -0.378 e. The average molecular weight is 268 g/mol. The maximum Gasteiger partial charge on any atom is 0.0599 e. The van der Waals surface area contributed by atoms with E-state index in [1.807, 2.05) is 0 Å². The average Bonchev–Trinajstić information content (AvgIpc) is 2.67. The van der Waals surface area contributed by atoms with Gasteiger partial charge in [-0.3, -0.25) is 0 Å². The van der Waals surface area contributed by atoms with Gasteiger partial charge in [-0.2, -0.15) is 0 Å². The fourth-order valence-corrected chi connectivity index (χ4v) is 4.17. The molecule has 1 aliphatic carbocycles. The summed E-state index contributed by atoms with van der Waals surface area (Å²) in [6.45, 7) is 11.5. The van der Waals surface area contributed by atoms with Crippen LogP contribution in [0.1, 0.15) is 46.5 Å². The first-order chi connectivity index (χ1) is 9.06. The van der Waals surface area contributed by atoms with Crippen LogP contribution in [0.25, 0.3) is 0 Å². The Bertz CT molecular complexity index is 272. The van der Waals surface area contributed by atoms with Gasteiger partial charge in [0.15, 0.2) is 0 Å². The largest absolute Gasteiger partial charge is 0.378 e. The van der Waals surface area contributed by atoms with Gasteiger partial charge in [0.05, 0.1) is 6.10 Å². The van der Waals surface area contributed by atoms with Crippen molar-refractivity contribution in [1.29, 1.82) is 0 Å². The minimum atomic E-state index is 0.461. The molecule has 0 aromatic rings. The Morgan fingerprint density at radius 3 is 2.47 bits per heavy atom. The van der Waals surface area contributed by atoms with Crippen LogP contribution in [0.2, 0.25) is 0 Å². The van der Waals surface area contributed by atoms with Gasteiger partial charge < -0.3 is 15.0 Å². The normalized spacial score (nSPS) is 32.8. The van der Waals surface area contributed by atoms with Crippen molar-refractivity contribution < 1.29 is 4.74 Å². The zero-order chi connectivity index (χ0) is 13.9. The van der Waals surface area contributed by atoms with E-state index in [4.69, 9.17) is 4.74 Å². The van der Waals surface area contributed by atoms with E-state index in [2.05, 4.69) is 38.0 Å². The molecule has 0 aromatic heterocycles. The van der Waals surface area contributed by atoms with E-state index in [9.17, 15) is 0 Å². The molecule has 2 unspecified atom stereocenters. The van der Waals surface area contributed by atoms with Crippen LogP contribution in [-0.2, 0) is 4.74 Å². The molecule has 0 aromatic carbocycles. The van der Waals surface area contributed by atoms with Gasteiger partial charge in [0.25, 0.3) is 0 Å². The first-order valence-electron chi connectivity index (χ1n) is 8.08. The van der Waals surface area contributed by atoms with E-state index in [1.54, 1.807) is 0 Å². The fraction of sp³-hybridized carbons (Fsp3) is 1.00. The smallest absolute Gasteiger partial charge is 0.0599 e. The number of piperidine rings is 1. The molecule has 1 saturated carbocycles. The summed E-state index contributed by atoms with van der Waals surface area (Å²) in [5.41, 5.74) is 0.461. The quantitative estimate of drug-likeness (QED) is 0.829. The Hall–Kier alpha value is -0.120. The van der Waals surface area contributed by atoms with Crippen molar-refractivity contribution in [2.24, 2.45) is 11.3 Å². The Morgan fingerprint density at radius 2 is 1.89 bits per heavy atom. The second-order valence-corrected chi connectivity index (χ2v) is 7.01. The van der Waals surface area contributed by atoms with Crippen molar-refractivity contribution in [3.63, 3.8) is 0 Å². The number of rotatable bonds is 5. The SMILES string of the molecule is CCOC1CCN(CC2CCC(C)(C)C2NC)CC1. The summed E-state index contributed by atoms with van der Waals surface area (Å²) in [6, 6.07) is 0.678. The van der Waals surface area contributed by atoms with Crippen molar-refractivity contribution in [2.75, 3.05) is 33.3 Å². The fourth-order valence-electron chi connectivity index (χ4n) is 4.17. The number of hydrogen-bond acceptors (Lipinski definition) is 3. The summed E-state index contributed by atoms with van der Waals surface area (Å²) >= 11 is 0. The third-order valence-corrected chi connectivity index (χ3v) is 5.21. The lowest BCUT2D eigenvalue weighted by molar-refractivity contribution is 0.00986. The first-order valence-corrected chi connectivity index (χ1v) is 8.08. The van der Waals surface area contributed by atoms with Gasteiger partial charge in [0.1, 0.15) is 0 Å². The highest BCUT2D eigenvalue weighted by atomic mass is 16.5. The Morgan fingerprint density at radius 1 is 1.21 bits per heavy atom. The Labute approximate surface area is 119 Å². The molecule has 1 saturated heterocycles. The monoisotopic (exact) mass is 268 g/mol. The number of hydrogen-bond donors (Lipinski definition) is 1. The van der Waals surface area contributed by atoms with E-state index in [-0.39, 0.29) is 0 Å². The van der Waals surface area contributed by atoms with Gasteiger partial charge in [-0.15, -0.1) is 0 Å². The van der Waals surface area contributed by atoms with Gasteiger partial charge in [-0.25, -0.2) is 0 Å². The highest BCUT2D eigenvalue weighted by molar-refractivity contribution is 4.96. The van der Waals surface area contributed by atoms with Crippen LogP contribution in [0, 0.1) is 11.3 Å². The summed E-state index contributed by atoms with van der Waals surface area (Å²) < 4.78 is 5.74. The van der Waals surface area contributed by atoms with Gasteiger partial charge in [-0.1, -0.05) is 13.8 Å². The Kier molecular flexibility index (Phi) is 5.27. The molecule has 2 aliphatic rings. The lowest BCUT2D eigenvalue weighted by Crippen LogP contribution is -2.46. The maximum absolute atomic E-state index is 5.74. The lowest BCUT2D eigenvalue weighted by Gasteiger charge is -2.36. The third-order valence-electron chi connectivity index (χ3n) is 5.21. The molecular formula is C16H32N2O. The second kappa shape index (κ2) is 6.55. The van der Waals surface area contributed by atoms with Crippen LogP contribution in [0.5, 0.6) is 0 Å². The second-order valence-electron chi connectivity index (χ2n) is 7.01. The zero-order valence-corrected chi connectivity index (χ0v) is 13.2. The predicted octanol–water partition coefficient (Wildman–Crippen LogP) is 2.51. The van der Waals surface area contributed by atoms with Crippen molar-refractivity contribution in [1.82, 2.24) is 10.2 Å². The van der Waals surface area contributed by atoms with E-state index < -0.39 is 0 Å². The van der Waals surface area contributed by atoms with Gasteiger partial charge in [-0.05, 0) is 51.0 Å². The van der Waals surface area contributed by atoms with Crippen LogP contribution in [0.4, 0.5) is 0 Å². The highest BCUT2D eigenvalue weighted by Crippen LogP contribution is 2.41. The predicted molar refractivity (Wildman–Crippen MR) is 80.4 cm³/mol. The summed E-state index contributed by atoms with van der Waals surface area (Å²) in [4.78, 5) is 2.66. The van der Waals surface area contributed by atoms with Gasteiger partial charge in [0, 0.05) is 32.3 Å². The molecule has 0 radical (unpaired) electrons. The van der Waals surface area contributed by atoms with Crippen LogP contribution < -0.4 is 5.32 Å². The number of likely N-dealkylation sites (tertiary alicyclic amines) is 1. The van der Waals surface area contributed by atoms with E-state index in [0.29, 0.717) is 17.6 Å². The maximum atomic E-state index is 5.74. The highest BCUT2D eigenvalue weighted by Gasteiger charge is 2.41. The molecule has 3 nitrogen and oxygen atoms in total. The molecule has 0 amide bonds. The van der Waals surface area contributed by atoms with Crippen LogP contribution >= 0.6 is 0 Å². The molecule has 0 bridgehead atoms. The van der Waals surface area contributed by atoms with Gasteiger partial charge >= 0.3 is 0 Å². The van der Waals surface area contributed by atoms with Gasteiger partial charge in [0.2, 0.25) is 0 Å². The molecule has 2 atom stereocenters. The van der Waals surface area contributed by atoms with Crippen LogP contribution in [0.15, 0.2) is 0 Å².